The summed E-state index contributed by atoms with van der Waals surface area (Å²) in [5.41, 5.74) is 1.36. The van der Waals surface area contributed by atoms with Gasteiger partial charge in [0.2, 0.25) is 5.95 Å². The minimum Gasteiger partial charge on any atom is -0.371 e. The van der Waals surface area contributed by atoms with Gasteiger partial charge in [0, 0.05) is 17.8 Å². The van der Waals surface area contributed by atoms with Crippen LogP contribution in [0.4, 0.5) is 10.3 Å². The molecule has 2 saturated heterocycles. The van der Waals surface area contributed by atoms with E-state index in [1.54, 1.807) is 18.3 Å². The number of ether oxygens (including phenoxy) is 2. The van der Waals surface area contributed by atoms with Gasteiger partial charge in [0.05, 0.1) is 31.0 Å². The van der Waals surface area contributed by atoms with Gasteiger partial charge in [-0.25, -0.2) is 14.4 Å². The first kappa shape index (κ1) is 21.5. The molecule has 1 saturated carbocycles. The van der Waals surface area contributed by atoms with Gasteiger partial charge < -0.3 is 25.4 Å². The SMILES string of the molecule is Fc1cccc(-c2ccnc(N[C@H]3CO[C@H]4[C@@H]3OC[C@@H]4NC(=S)NC3CCCCC3)n2)c1. The average Bonchev–Trinajstić information content (AvgIpc) is 3.38. The van der Waals surface area contributed by atoms with E-state index >= 15 is 0 Å². The summed E-state index contributed by atoms with van der Waals surface area (Å²) >= 11 is 5.54. The topological polar surface area (TPSA) is 80.3 Å². The highest BCUT2D eigenvalue weighted by Gasteiger charge is 2.48. The van der Waals surface area contributed by atoms with Crippen molar-refractivity contribution in [3.05, 3.63) is 42.3 Å². The third-order valence-electron chi connectivity index (χ3n) is 6.40. The maximum Gasteiger partial charge on any atom is 0.223 e. The second-order valence-electron chi connectivity index (χ2n) is 8.68. The van der Waals surface area contributed by atoms with Crippen LogP contribution in [0.3, 0.4) is 0 Å². The molecule has 0 spiro atoms. The maximum absolute atomic E-state index is 13.6. The Kier molecular flexibility index (Phi) is 6.47. The van der Waals surface area contributed by atoms with Gasteiger partial charge in [-0.3, -0.25) is 0 Å². The molecule has 0 amide bonds. The fraction of sp³-hybridized carbons (Fsp3) is 0.522. The van der Waals surface area contributed by atoms with Crippen molar-refractivity contribution < 1.29 is 13.9 Å². The van der Waals surface area contributed by atoms with Gasteiger partial charge in [-0.1, -0.05) is 31.4 Å². The summed E-state index contributed by atoms with van der Waals surface area (Å²) < 4.78 is 25.7. The third kappa shape index (κ3) is 4.84. The highest BCUT2D eigenvalue weighted by atomic mass is 32.1. The largest absolute Gasteiger partial charge is 0.371 e. The Labute approximate surface area is 192 Å². The zero-order valence-corrected chi connectivity index (χ0v) is 18.6. The van der Waals surface area contributed by atoms with E-state index in [2.05, 4.69) is 25.9 Å². The highest BCUT2D eigenvalue weighted by molar-refractivity contribution is 7.80. The van der Waals surface area contributed by atoms with Crippen LogP contribution in [0.15, 0.2) is 36.5 Å². The normalized spacial score (nSPS) is 27.7. The van der Waals surface area contributed by atoms with E-state index in [-0.39, 0.29) is 30.1 Å². The summed E-state index contributed by atoms with van der Waals surface area (Å²) in [5, 5.41) is 10.9. The zero-order valence-electron chi connectivity index (χ0n) is 17.8. The summed E-state index contributed by atoms with van der Waals surface area (Å²) in [6, 6.07) is 8.53. The van der Waals surface area contributed by atoms with Crippen molar-refractivity contribution in [2.75, 3.05) is 18.5 Å². The van der Waals surface area contributed by atoms with Crippen molar-refractivity contribution in [2.45, 2.75) is 62.4 Å². The quantitative estimate of drug-likeness (QED) is 0.592. The van der Waals surface area contributed by atoms with Crippen LogP contribution in [0.1, 0.15) is 32.1 Å². The molecule has 7 nitrogen and oxygen atoms in total. The third-order valence-corrected chi connectivity index (χ3v) is 6.64. The van der Waals surface area contributed by atoms with E-state index in [1.807, 2.05) is 6.07 Å². The lowest BCUT2D eigenvalue weighted by molar-refractivity contribution is 0.0688. The van der Waals surface area contributed by atoms with Crippen LogP contribution in [0, 0.1) is 5.82 Å². The van der Waals surface area contributed by atoms with Crippen molar-refractivity contribution in [1.29, 1.82) is 0 Å². The van der Waals surface area contributed by atoms with E-state index in [0.717, 1.165) is 0 Å². The number of rotatable bonds is 5. The van der Waals surface area contributed by atoms with Gasteiger partial charge in [-0.05, 0) is 43.3 Å². The summed E-state index contributed by atoms with van der Waals surface area (Å²) in [4.78, 5) is 8.87. The molecule has 1 aromatic heterocycles. The molecule has 3 fully saturated rings. The van der Waals surface area contributed by atoms with Crippen LogP contribution in [0.2, 0.25) is 0 Å². The molecule has 0 radical (unpaired) electrons. The van der Waals surface area contributed by atoms with Crippen molar-refractivity contribution in [3.63, 3.8) is 0 Å². The van der Waals surface area contributed by atoms with Gasteiger partial charge in [0.1, 0.15) is 18.0 Å². The molecule has 170 valence electrons. The van der Waals surface area contributed by atoms with Crippen LogP contribution in [0.5, 0.6) is 0 Å². The summed E-state index contributed by atoms with van der Waals surface area (Å²) in [7, 11) is 0. The monoisotopic (exact) mass is 457 g/mol. The number of halogens is 1. The predicted octanol–water partition coefficient (Wildman–Crippen LogP) is 3.03. The lowest BCUT2D eigenvalue weighted by Gasteiger charge is -2.26. The van der Waals surface area contributed by atoms with Crippen molar-refractivity contribution in [3.8, 4) is 11.3 Å². The Morgan fingerprint density at radius 2 is 1.78 bits per heavy atom. The van der Waals surface area contributed by atoms with Crippen LogP contribution in [-0.2, 0) is 9.47 Å². The first-order valence-electron chi connectivity index (χ1n) is 11.3. The van der Waals surface area contributed by atoms with Gasteiger partial charge in [-0.2, -0.15) is 0 Å². The first-order valence-corrected chi connectivity index (χ1v) is 11.7. The van der Waals surface area contributed by atoms with Gasteiger partial charge >= 0.3 is 0 Å². The number of aromatic nitrogens is 2. The molecule has 0 bridgehead atoms. The van der Waals surface area contributed by atoms with Gasteiger partial charge in [0.15, 0.2) is 5.11 Å². The van der Waals surface area contributed by atoms with Crippen molar-refractivity contribution in [2.24, 2.45) is 0 Å². The number of nitrogens with zero attached hydrogens (tertiary/aromatic N) is 2. The zero-order chi connectivity index (χ0) is 21.9. The Balaban J connectivity index is 1.18. The second kappa shape index (κ2) is 9.64. The summed E-state index contributed by atoms with van der Waals surface area (Å²) in [6.07, 6.45) is 7.63. The molecule has 2 aromatic rings. The van der Waals surface area contributed by atoms with E-state index in [1.165, 1.54) is 44.2 Å². The molecule has 32 heavy (non-hydrogen) atoms. The Hall–Kier alpha value is -2.36. The predicted molar refractivity (Wildman–Crippen MR) is 124 cm³/mol. The van der Waals surface area contributed by atoms with Crippen molar-refractivity contribution >= 4 is 23.3 Å². The smallest absolute Gasteiger partial charge is 0.223 e. The number of thiocarbonyl (C=S) groups is 1. The van der Waals surface area contributed by atoms with Crippen LogP contribution >= 0.6 is 12.2 Å². The molecule has 1 aromatic carbocycles. The standard InChI is InChI=1S/C23H28FN5O2S/c24-15-6-4-5-14(11-15)17-9-10-25-22(27-17)28-18-12-30-21-19(13-31-20(18)21)29-23(32)26-16-7-2-1-3-8-16/h4-6,9-11,16,18-21H,1-3,7-8,12-13H2,(H,25,27,28)(H2,26,29,32)/t18-,19-,20+,21+/m0/s1. The number of hydrogen-bond donors (Lipinski definition) is 3. The molecule has 1 aliphatic carbocycles. The highest BCUT2D eigenvalue weighted by Crippen LogP contribution is 2.29. The molecule has 0 unspecified atom stereocenters. The lowest BCUT2D eigenvalue weighted by atomic mass is 9.96. The number of hydrogen-bond acceptors (Lipinski definition) is 6. The van der Waals surface area contributed by atoms with Crippen LogP contribution < -0.4 is 16.0 Å². The number of nitrogens with one attached hydrogen (secondary N) is 3. The average molecular weight is 458 g/mol. The molecule has 3 heterocycles. The van der Waals surface area contributed by atoms with E-state index in [0.29, 0.717) is 41.6 Å². The van der Waals surface area contributed by atoms with E-state index < -0.39 is 0 Å². The second-order valence-corrected chi connectivity index (χ2v) is 9.09. The first-order chi connectivity index (χ1) is 15.7. The van der Waals surface area contributed by atoms with E-state index in [9.17, 15) is 4.39 Å². The van der Waals surface area contributed by atoms with E-state index in [4.69, 9.17) is 21.7 Å². The fourth-order valence-corrected chi connectivity index (χ4v) is 5.11. The minimum atomic E-state index is -0.295. The molecule has 4 atom stereocenters. The molecule has 9 heteroatoms. The fourth-order valence-electron chi connectivity index (χ4n) is 4.79. The number of anilines is 1. The van der Waals surface area contributed by atoms with Gasteiger partial charge in [0.25, 0.3) is 0 Å². The van der Waals surface area contributed by atoms with Crippen LogP contribution in [-0.4, -0.2) is 58.6 Å². The van der Waals surface area contributed by atoms with Crippen LogP contribution in [0.25, 0.3) is 11.3 Å². The molecule has 5 rings (SSSR count). The minimum absolute atomic E-state index is 0.00920. The molecule has 3 aliphatic rings. The molecule has 2 aliphatic heterocycles. The molecular formula is C23H28FN5O2S. The molecule has 3 N–H and O–H groups in total. The Morgan fingerprint density at radius 1 is 1.00 bits per heavy atom. The Bertz CT molecular complexity index is 957. The molecular weight excluding hydrogens is 429 g/mol. The van der Waals surface area contributed by atoms with Gasteiger partial charge in [-0.15, -0.1) is 0 Å². The summed E-state index contributed by atoms with van der Waals surface area (Å²) in [5.74, 6) is 0.173. The number of benzene rings is 1. The summed E-state index contributed by atoms with van der Waals surface area (Å²) in [6.45, 7) is 1.02. The maximum atomic E-state index is 13.6. The lowest BCUT2D eigenvalue weighted by Crippen LogP contribution is -2.51. The Morgan fingerprint density at radius 3 is 2.59 bits per heavy atom. The van der Waals surface area contributed by atoms with Crippen molar-refractivity contribution in [1.82, 2.24) is 20.6 Å². The number of fused-ring (bicyclic) bond motifs is 1.